The standard InChI is InChI=1S/C21H32N4O3/c22-20(16-8-13-28-14-9-16)21(27)24-18-6-4-5-17(15-18)23-19(26)7-12-25-10-2-1-3-11-25/h4-6,15-16,20H,1-3,7-14,22H2,(H,23,26)(H,24,27). The van der Waals surface area contributed by atoms with Crippen LogP contribution in [0.2, 0.25) is 0 Å². The molecular weight excluding hydrogens is 356 g/mol. The number of hydrogen-bond donors (Lipinski definition) is 3. The molecule has 4 N–H and O–H groups in total. The normalized spacial score (nSPS) is 19.8. The van der Waals surface area contributed by atoms with Crippen molar-refractivity contribution in [2.75, 3.05) is 43.5 Å². The fourth-order valence-electron chi connectivity index (χ4n) is 3.86. The van der Waals surface area contributed by atoms with Crippen molar-refractivity contribution < 1.29 is 14.3 Å². The molecule has 0 spiro atoms. The van der Waals surface area contributed by atoms with Gasteiger partial charge in [0, 0.05) is 37.6 Å². The van der Waals surface area contributed by atoms with Gasteiger partial charge >= 0.3 is 0 Å². The lowest BCUT2D eigenvalue weighted by molar-refractivity contribution is -0.119. The lowest BCUT2D eigenvalue weighted by atomic mass is 9.92. The lowest BCUT2D eigenvalue weighted by Crippen LogP contribution is -2.44. The molecule has 0 aliphatic carbocycles. The Morgan fingerprint density at radius 3 is 2.50 bits per heavy atom. The highest BCUT2D eigenvalue weighted by Gasteiger charge is 2.26. The molecule has 2 fully saturated rings. The second-order valence-corrected chi connectivity index (χ2v) is 7.75. The van der Waals surface area contributed by atoms with E-state index < -0.39 is 6.04 Å². The highest BCUT2D eigenvalue weighted by molar-refractivity contribution is 5.96. The van der Waals surface area contributed by atoms with Crippen LogP contribution < -0.4 is 16.4 Å². The van der Waals surface area contributed by atoms with Gasteiger partial charge in [0.2, 0.25) is 11.8 Å². The first kappa shape index (κ1) is 20.8. The maximum absolute atomic E-state index is 12.5. The van der Waals surface area contributed by atoms with E-state index in [-0.39, 0.29) is 17.7 Å². The van der Waals surface area contributed by atoms with Gasteiger partial charge in [0.1, 0.15) is 0 Å². The predicted molar refractivity (Wildman–Crippen MR) is 110 cm³/mol. The van der Waals surface area contributed by atoms with Gasteiger partial charge in [0.05, 0.1) is 6.04 Å². The van der Waals surface area contributed by atoms with Crippen LogP contribution in [0.3, 0.4) is 0 Å². The number of likely N-dealkylation sites (tertiary alicyclic amines) is 1. The van der Waals surface area contributed by atoms with Crippen LogP contribution in [0, 0.1) is 5.92 Å². The average Bonchev–Trinajstić information content (AvgIpc) is 2.73. The molecule has 1 aromatic carbocycles. The first-order valence-corrected chi connectivity index (χ1v) is 10.4. The van der Waals surface area contributed by atoms with Gasteiger partial charge in [-0.1, -0.05) is 12.5 Å². The van der Waals surface area contributed by atoms with Crippen molar-refractivity contribution in [1.29, 1.82) is 0 Å². The van der Waals surface area contributed by atoms with Gasteiger partial charge < -0.3 is 26.0 Å². The summed E-state index contributed by atoms with van der Waals surface area (Å²) in [6.45, 7) is 4.28. The number of amides is 2. The Bertz CT molecular complexity index is 655. The molecular formula is C21H32N4O3. The van der Waals surface area contributed by atoms with Crippen LogP contribution in [-0.2, 0) is 14.3 Å². The monoisotopic (exact) mass is 388 g/mol. The number of rotatable bonds is 7. The van der Waals surface area contributed by atoms with E-state index in [0.29, 0.717) is 31.0 Å². The van der Waals surface area contributed by atoms with E-state index in [1.807, 2.05) is 12.1 Å². The minimum atomic E-state index is -0.549. The molecule has 2 aliphatic heterocycles. The second-order valence-electron chi connectivity index (χ2n) is 7.75. The highest BCUT2D eigenvalue weighted by Crippen LogP contribution is 2.20. The number of carbonyl (C=O) groups excluding carboxylic acids is 2. The summed E-state index contributed by atoms with van der Waals surface area (Å²) in [6, 6.07) is 6.67. The van der Waals surface area contributed by atoms with Gasteiger partial charge in [0.15, 0.2) is 0 Å². The maximum atomic E-state index is 12.5. The topological polar surface area (TPSA) is 96.7 Å². The summed E-state index contributed by atoms with van der Waals surface area (Å²) in [6.07, 6.45) is 5.83. The maximum Gasteiger partial charge on any atom is 0.241 e. The molecule has 7 nitrogen and oxygen atoms in total. The molecule has 3 rings (SSSR count). The third-order valence-electron chi connectivity index (χ3n) is 5.59. The number of nitrogens with one attached hydrogen (secondary N) is 2. The number of ether oxygens (including phenoxy) is 1. The van der Waals surface area contributed by atoms with E-state index in [1.165, 1.54) is 19.3 Å². The molecule has 1 aromatic rings. The Hall–Kier alpha value is -1.96. The van der Waals surface area contributed by atoms with Crippen molar-refractivity contribution >= 4 is 23.2 Å². The van der Waals surface area contributed by atoms with Crippen LogP contribution in [0.5, 0.6) is 0 Å². The Morgan fingerprint density at radius 1 is 1.11 bits per heavy atom. The van der Waals surface area contributed by atoms with E-state index in [2.05, 4.69) is 15.5 Å². The minimum absolute atomic E-state index is 0.00652. The second kappa shape index (κ2) is 10.5. The van der Waals surface area contributed by atoms with Crippen molar-refractivity contribution in [1.82, 2.24) is 4.90 Å². The third-order valence-corrected chi connectivity index (χ3v) is 5.59. The van der Waals surface area contributed by atoms with Crippen molar-refractivity contribution in [3.05, 3.63) is 24.3 Å². The number of nitrogens with two attached hydrogens (primary N) is 1. The molecule has 0 saturated carbocycles. The van der Waals surface area contributed by atoms with Crippen molar-refractivity contribution in [2.24, 2.45) is 11.7 Å². The Morgan fingerprint density at radius 2 is 1.79 bits per heavy atom. The molecule has 2 aliphatic rings. The summed E-state index contributed by atoms with van der Waals surface area (Å²) >= 11 is 0. The van der Waals surface area contributed by atoms with Crippen molar-refractivity contribution in [3.63, 3.8) is 0 Å². The predicted octanol–water partition coefficient (Wildman–Crippen LogP) is 2.19. The molecule has 7 heteroatoms. The Labute approximate surface area is 167 Å². The van der Waals surface area contributed by atoms with Crippen LogP contribution >= 0.6 is 0 Å². The highest BCUT2D eigenvalue weighted by atomic mass is 16.5. The van der Waals surface area contributed by atoms with E-state index in [1.54, 1.807) is 12.1 Å². The molecule has 154 valence electrons. The molecule has 2 saturated heterocycles. The van der Waals surface area contributed by atoms with E-state index in [0.717, 1.165) is 32.5 Å². The van der Waals surface area contributed by atoms with Gasteiger partial charge in [0.25, 0.3) is 0 Å². The SMILES string of the molecule is NC(C(=O)Nc1cccc(NC(=O)CCN2CCCCC2)c1)C1CCOCC1. The van der Waals surface area contributed by atoms with Crippen molar-refractivity contribution in [3.8, 4) is 0 Å². The molecule has 1 unspecified atom stereocenters. The van der Waals surface area contributed by atoms with Crippen molar-refractivity contribution in [2.45, 2.75) is 44.6 Å². The van der Waals surface area contributed by atoms with Crippen LogP contribution in [0.25, 0.3) is 0 Å². The molecule has 0 aromatic heterocycles. The molecule has 2 heterocycles. The number of hydrogen-bond acceptors (Lipinski definition) is 5. The summed E-state index contributed by atoms with van der Waals surface area (Å²) in [4.78, 5) is 27.0. The number of piperidine rings is 1. The Balaban J connectivity index is 1.47. The van der Waals surface area contributed by atoms with Crippen LogP contribution in [0.15, 0.2) is 24.3 Å². The average molecular weight is 389 g/mol. The van der Waals surface area contributed by atoms with E-state index in [9.17, 15) is 9.59 Å². The lowest BCUT2D eigenvalue weighted by Gasteiger charge is -2.26. The summed E-state index contributed by atoms with van der Waals surface area (Å²) in [7, 11) is 0. The summed E-state index contributed by atoms with van der Waals surface area (Å²) < 4.78 is 5.33. The quantitative estimate of drug-likeness (QED) is 0.665. The molecule has 1 atom stereocenters. The smallest absolute Gasteiger partial charge is 0.241 e. The summed E-state index contributed by atoms with van der Waals surface area (Å²) in [5.74, 6) is -0.0557. The molecule has 28 heavy (non-hydrogen) atoms. The molecule has 2 amide bonds. The zero-order valence-electron chi connectivity index (χ0n) is 16.5. The number of anilines is 2. The zero-order chi connectivity index (χ0) is 19.8. The van der Waals surface area contributed by atoms with Gasteiger partial charge in [-0.3, -0.25) is 9.59 Å². The largest absolute Gasteiger partial charge is 0.381 e. The van der Waals surface area contributed by atoms with Crippen LogP contribution in [0.1, 0.15) is 38.5 Å². The van der Waals surface area contributed by atoms with Gasteiger partial charge in [-0.25, -0.2) is 0 Å². The third kappa shape index (κ3) is 6.29. The first-order valence-electron chi connectivity index (χ1n) is 10.4. The van der Waals surface area contributed by atoms with Gasteiger partial charge in [-0.2, -0.15) is 0 Å². The minimum Gasteiger partial charge on any atom is -0.381 e. The zero-order valence-corrected chi connectivity index (χ0v) is 16.5. The van der Waals surface area contributed by atoms with Crippen LogP contribution in [0.4, 0.5) is 11.4 Å². The van der Waals surface area contributed by atoms with E-state index in [4.69, 9.17) is 10.5 Å². The van der Waals surface area contributed by atoms with Crippen LogP contribution in [-0.4, -0.2) is 55.6 Å². The Kier molecular flexibility index (Phi) is 7.82. The first-order chi connectivity index (χ1) is 13.6. The number of benzene rings is 1. The fraction of sp³-hybridized carbons (Fsp3) is 0.619. The number of nitrogens with zero attached hydrogens (tertiary/aromatic N) is 1. The molecule has 0 radical (unpaired) electrons. The van der Waals surface area contributed by atoms with Gasteiger partial charge in [-0.15, -0.1) is 0 Å². The van der Waals surface area contributed by atoms with Gasteiger partial charge in [-0.05, 0) is 62.9 Å². The van der Waals surface area contributed by atoms with E-state index >= 15 is 0 Å². The fourth-order valence-corrected chi connectivity index (χ4v) is 3.86. The molecule has 0 bridgehead atoms. The number of carbonyl (C=O) groups is 2. The summed E-state index contributed by atoms with van der Waals surface area (Å²) in [5, 5.41) is 5.80. The summed E-state index contributed by atoms with van der Waals surface area (Å²) in [5.41, 5.74) is 7.45.